The maximum Gasteiger partial charge on any atom is 0.129 e. The van der Waals surface area contributed by atoms with E-state index >= 15 is 0 Å². The zero-order chi connectivity index (χ0) is 9.97. The molecule has 0 spiro atoms. The summed E-state index contributed by atoms with van der Waals surface area (Å²) in [6.07, 6.45) is 1.46. The molecular weight excluding hydrogens is 199 g/mol. The van der Waals surface area contributed by atoms with Crippen LogP contribution in [0.25, 0.3) is 0 Å². The molecule has 0 radical (unpaired) electrons. The second kappa shape index (κ2) is 4.32. The normalized spacial score (nSPS) is 23.7. The lowest BCUT2D eigenvalue weighted by Crippen LogP contribution is -2.13. The highest BCUT2D eigenvalue weighted by molar-refractivity contribution is 8.00. The highest BCUT2D eigenvalue weighted by atomic mass is 32.2. The van der Waals surface area contributed by atoms with E-state index in [1.807, 2.05) is 0 Å². The van der Waals surface area contributed by atoms with Crippen LogP contribution >= 0.6 is 11.8 Å². The van der Waals surface area contributed by atoms with E-state index in [1.165, 1.54) is 6.07 Å². The van der Waals surface area contributed by atoms with Crippen LogP contribution in [-0.4, -0.2) is 16.1 Å². The van der Waals surface area contributed by atoms with Crippen LogP contribution in [0.3, 0.4) is 0 Å². The molecule has 14 heavy (non-hydrogen) atoms. The molecule has 1 aliphatic rings. The van der Waals surface area contributed by atoms with Crippen LogP contribution in [0.4, 0.5) is 4.39 Å². The average molecular weight is 212 g/mol. The molecular formula is C11H13FOS. The number of thioether (sulfide) groups is 1. The minimum absolute atomic E-state index is 0.173. The van der Waals surface area contributed by atoms with Crippen LogP contribution in [0, 0.1) is 5.82 Å². The SMILES string of the molecule is OC(c1ccccc1F)C1CCCS1. The van der Waals surface area contributed by atoms with Crippen LogP contribution in [0.5, 0.6) is 0 Å². The van der Waals surface area contributed by atoms with E-state index in [1.54, 1.807) is 30.0 Å². The van der Waals surface area contributed by atoms with Crippen molar-refractivity contribution in [2.45, 2.75) is 24.2 Å². The van der Waals surface area contributed by atoms with E-state index in [9.17, 15) is 9.50 Å². The summed E-state index contributed by atoms with van der Waals surface area (Å²) in [6.45, 7) is 0. The van der Waals surface area contributed by atoms with Gasteiger partial charge in [0.05, 0.1) is 6.10 Å². The molecule has 0 aromatic heterocycles. The highest BCUT2D eigenvalue weighted by Crippen LogP contribution is 2.36. The first-order valence-corrected chi connectivity index (χ1v) is 5.88. The molecule has 3 heteroatoms. The first-order chi connectivity index (χ1) is 6.79. The van der Waals surface area contributed by atoms with E-state index in [4.69, 9.17) is 0 Å². The van der Waals surface area contributed by atoms with Crippen LogP contribution in [0.2, 0.25) is 0 Å². The molecule has 0 amide bonds. The van der Waals surface area contributed by atoms with Gasteiger partial charge < -0.3 is 5.11 Å². The Labute approximate surface area is 87.3 Å². The van der Waals surface area contributed by atoms with Crippen LogP contribution < -0.4 is 0 Å². The van der Waals surface area contributed by atoms with Crippen LogP contribution in [0.1, 0.15) is 24.5 Å². The second-order valence-corrected chi connectivity index (χ2v) is 4.86. The van der Waals surface area contributed by atoms with E-state index in [0.29, 0.717) is 5.56 Å². The van der Waals surface area contributed by atoms with Gasteiger partial charge in [0.25, 0.3) is 0 Å². The summed E-state index contributed by atoms with van der Waals surface area (Å²) < 4.78 is 13.3. The van der Waals surface area contributed by atoms with Gasteiger partial charge in [0.2, 0.25) is 0 Å². The number of aliphatic hydroxyl groups excluding tert-OH is 1. The monoisotopic (exact) mass is 212 g/mol. The lowest BCUT2D eigenvalue weighted by atomic mass is 10.0. The Balaban J connectivity index is 2.17. The van der Waals surface area contributed by atoms with Gasteiger partial charge in [0.1, 0.15) is 5.82 Å². The molecule has 1 nitrogen and oxygen atoms in total. The summed E-state index contributed by atoms with van der Waals surface area (Å²) >= 11 is 1.74. The molecule has 1 N–H and O–H groups in total. The maximum absolute atomic E-state index is 13.3. The van der Waals surface area contributed by atoms with Crippen LogP contribution in [0.15, 0.2) is 24.3 Å². The molecule has 2 unspecified atom stereocenters. The smallest absolute Gasteiger partial charge is 0.129 e. The molecule has 1 saturated heterocycles. The number of hydrogen-bond donors (Lipinski definition) is 1. The first-order valence-electron chi connectivity index (χ1n) is 4.83. The Hall–Kier alpha value is -0.540. The van der Waals surface area contributed by atoms with Gasteiger partial charge in [-0.3, -0.25) is 0 Å². The van der Waals surface area contributed by atoms with Gasteiger partial charge in [0, 0.05) is 10.8 Å². The van der Waals surface area contributed by atoms with E-state index in [2.05, 4.69) is 0 Å². The number of aliphatic hydroxyl groups is 1. The van der Waals surface area contributed by atoms with Gasteiger partial charge >= 0.3 is 0 Å². The molecule has 1 heterocycles. The fourth-order valence-electron chi connectivity index (χ4n) is 1.77. The third-order valence-electron chi connectivity index (χ3n) is 2.54. The number of hydrogen-bond acceptors (Lipinski definition) is 2. The number of rotatable bonds is 2. The van der Waals surface area contributed by atoms with Crippen LogP contribution in [-0.2, 0) is 0 Å². The fraction of sp³-hybridized carbons (Fsp3) is 0.455. The largest absolute Gasteiger partial charge is 0.387 e. The van der Waals surface area contributed by atoms with Crippen molar-refractivity contribution in [2.24, 2.45) is 0 Å². The van der Waals surface area contributed by atoms with E-state index in [0.717, 1.165) is 18.6 Å². The number of halogens is 1. The Bertz CT molecular complexity index is 310. The molecule has 0 saturated carbocycles. The van der Waals surface area contributed by atoms with Gasteiger partial charge in [-0.25, -0.2) is 4.39 Å². The summed E-state index contributed by atoms with van der Waals surface area (Å²) in [7, 11) is 0. The van der Waals surface area contributed by atoms with Crippen molar-refractivity contribution in [3.63, 3.8) is 0 Å². The molecule has 2 atom stereocenters. The van der Waals surface area contributed by atoms with Crippen molar-refractivity contribution in [3.05, 3.63) is 35.6 Å². The van der Waals surface area contributed by atoms with Crippen molar-refractivity contribution in [1.29, 1.82) is 0 Å². The fourth-order valence-corrected chi connectivity index (χ4v) is 3.07. The molecule has 76 valence electrons. The van der Waals surface area contributed by atoms with Crippen molar-refractivity contribution < 1.29 is 9.50 Å². The van der Waals surface area contributed by atoms with Gasteiger partial charge in [-0.2, -0.15) is 11.8 Å². The maximum atomic E-state index is 13.3. The zero-order valence-corrected chi connectivity index (χ0v) is 8.64. The van der Waals surface area contributed by atoms with E-state index in [-0.39, 0.29) is 11.1 Å². The van der Waals surface area contributed by atoms with Gasteiger partial charge in [-0.15, -0.1) is 0 Å². The molecule has 1 fully saturated rings. The van der Waals surface area contributed by atoms with E-state index < -0.39 is 6.10 Å². The van der Waals surface area contributed by atoms with Crippen molar-refractivity contribution in [2.75, 3.05) is 5.75 Å². The minimum atomic E-state index is -0.649. The Morgan fingerprint density at radius 3 is 2.86 bits per heavy atom. The lowest BCUT2D eigenvalue weighted by molar-refractivity contribution is 0.168. The topological polar surface area (TPSA) is 20.2 Å². The second-order valence-electron chi connectivity index (χ2n) is 3.52. The molecule has 1 aliphatic heterocycles. The average Bonchev–Trinajstić information content (AvgIpc) is 2.70. The predicted molar refractivity (Wildman–Crippen MR) is 56.8 cm³/mol. The van der Waals surface area contributed by atoms with Gasteiger partial charge in [-0.1, -0.05) is 18.2 Å². The molecule has 1 aromatic rings. The van der Waals surface area contributed by atoms with Crippen molar-refractivity contribution >= 4 is 11.8 Å². The number of benzene rings is 1. The summed E-state index contributed by atoms with van der Waals surface area (Å²) in [6, 6.07) is 6.48. The summed E-state index contributed by atoms with van der Waals surface area (Å²) in [5, 5.41) is 10.1. The Kier molecular flexibility index (Phi) is 3.08. The summed E-state index contributed by atoms with van der Waals surface area (Å²) in [4.78, 5) is 0. The lowest BCUT2D eigenvalue weighted by Gasteiger charge is -2.17. The Morgan fingerprint density at radius 2 is 2.21 bits per heavy atom. The molecule has 0 bridgehead atoms. The quantitative estimate of drug-likeness (QED) is 0.813. The highest BCUT2D eigenvalue weighted by Gasteiger charge is 2.26. The third-order valence-corrected chi connectivity index (χ3v) is 3.99. The van der Waals surface area contributed by atoms with Crippen molar-refractivity contribution in [3.8, 4) is 0 Å². The summed E-state index contributed by atoms with van der Waals surface area (Å²) in [5.41, 5.74) is 0.437. The third kappa shape index (κ3) is 1.93. The minimum Gasteiger partial charge on any atom is -0.387 e. The zero-order valence-electron chi connectivity index (χ0n) is 7.82. The Morgan fingerprint density at radius 1 is 1.43 bits per heavy atom. The molecule has 1 aromatic carbocycles. The van der Waals surface area contributed by atoms with Gasteiger partial charge in [0.15, 0.2) is 0 Å². The predicted octanol–water partition coefficient (Wildman–Crippen LogP) is 2.75. The standard InChI is InChI=1S/C11H13FOS/c12-9-5-2-1-4-8(9)11(13)10-6-3-7-14-10/h1-2,4-5,10-11,13H,3,6-7H2. The summed E-state index contributed by atoms with van der Waals surface area (Å²) in [5.74, 6) is 0.781. The first kappa shape index (κ1) is 9.99. The van der Waals surface area contributed by atoms with Crippen molar-refractivity contribution in [1.82, 2.24) is 0 Å². The van der Waals surface area contributed by atoms with Gasteiger partial charge in [-0.05, 0) is 24.7 Å². The molecule has 2 rings (SSSR count). The molecule has 0 aliphatic carbocycles.